The monoisotopic (exact) mass is 294 g/mol. The van der Waals surface area contributed by atoms with Crippen molar-refractivity contribution in [2.75, 3.05) is 5.32 Å². The molecule has 0 aliphatic carbocycles. The third kappa shape index (κ3) is 3.25. The number of phenols is 1. The van der Waals surface area contributed by atoms with Crippen LogP contribution in [0.5, 0.6) is 5.75 Å². The summed E-state index contributed by atoms with van der Waals surface area (Å²) in [6.07, 6.45) is 0. The summed E-state index contributed by atoms with van der Waals surface area (Å²) in [7, 11) is 0. The van der Waals surface area contributed by atoms with Crippen LogP contribution in [0.2, 0.25) is 0 Å². The number of nitrogens with zero attached hydrogens (tertiary/aromatic N) is 1. The number of nitrogens with one attached hydrogen (secondary N) is 1. The first-order chi connectivity index (χ1) is 9.88. The van der Waals surface area contributed by atoms with Crippen molar-refractivity contribution in [2.24, 2.45) is 0 Å². The topological polar surface area (TPSA) is 75.4 Å². The fourth-order valence-electron chi connectivity index (χ4n) is 1.95. The summed E-state index contributed by atoms with van der Waals surface area (Å²) in [6.45, 7) is 1.68. The molecule has 0 saturated carbocycles. The third-order valence-electron chi connectivity index (χ3n) is 2.98. The molecule has 0 spiro atoms. The van der Waals surface area contributed by atoms with Gasteiger partial charge in [0.05, 0.1) is 11.0 Å². The SMILES string of the molecule is CC(Nc1ccc(F)c([N+](=O)[O-])c1)c1ccc(F)cc1O. The van der Waals surface area contributed by atoms with E-state index in [9.17, 15) is 24.0 Å². The molecule has 0 fully saturated rings. The van der Waals surface area contributed by atoms with Gasteiger partial charge in [-0.3, -0.25) is 10.1 Å². The maximum Gasteiger partial charge on any atom is 0.306 e. The number of rotatable bonds is 4. The van der Waals surface area contributed by atoms with Crippen LogP contribution in [0, 0.1) is 21.7 Å². The highest BCUT2D eigenvalue weighted by Crippen LogP contribution is 2.29. The highest BCUT2D eigenvalue weighted by molar-refractivity contribution is 5.53. The lowest BCUT2D eigenvalue weighted by Crippen LogP contribution is -2.07. The van der Waals surface area contributed by atoms with E-state index in [0.717, 1.165) is 18.2 Å². The van der Waals surface area contributed by atoms with Gasteiger partial charge < -0.3 is 10.4 Å². The molecule has 2 aromatic rings. The molecular formula is C14H12F2N2O3. The van der Waals surface area contributed by atoms with Crippen molar-refractivity contribution in [3.8, 4) is 5.75 Å². The molecule has 0 bridgehead atoms. The summed E-state index contributed by atoms with van der Waals surface area (Å²) < 4.78 is 26.2. The number of benzene rings is 2. The highest BCUT2D eigenvalue weighted by atomic mass is 19.1. The number of hydrogen-bond donors (Lipinski definition) is 2. The minimum atomic E-state index is -0.928. The van der Waals surface area contributed by atoms with Crippen LogP contribution in [0.15, 0.2) is 36.4 Å². The molecule has 2 N–H and O–H groups in total. The molecule has 2 aromatic carbocycles. The van der Waals surface area contributed by atoms with Gasteiger partial charge in [-0.05, 0) is 25.1 Å². The van der Waals surface area contributed by atoms with E-state index in [1.54, 1.807) is 6.92 Å². The molecule has 110 valence electrons. The summed E-state index contributed by atoms with van der Waals surface area (Å²) in [5.74, 6) is -1.73. The van der Waals surface area contributed by atoms with Crippen LogP contribution >= 0.6 is 0 Å². The van der Waals surface area contributed by atoms with Gasteiger partial charge in [-0.2, -0.15) is 4.39 Å². The average Bonchev–Trinajstić information content (AvgIpc) is 2.40. The van der Waals surface area contributed by atoms with Crippen LogP contribution in [0.3, 0.4) is 0 Å². The van der Waals surface area contributed by atoms with Gasteiger partial charge in [-0.15, -0.1) is 0 Å². The summed E-state index contributed by atoms with van der Waals surface area (Å²) >= 11 is 0. The van der Waals surface area contributed by atoms with Crippen molar-refractivity contribution >= 4 is 11.4 Å². The van der Waals surface area contributed by atoms with Crippen LogP contribution in [-0.2, 0) is 0 Å². The van der Waals surface area contributed by atoms with E-state index >= 15 is 0 Å². The largest absolute Gasteiger partial charge is 0.507 e. The van der Waals surface area contributed by atoms with E-state index in [0.29, 0.717) is 11.3 Å². The Bertz CT molecular complexity index is 692. The quantitative estimate of drug-likeness (QED) is 0.665. The molecular weight excluding hydrogens is 282 g/mol. The normalized spacial score (nSPS) is 12.0. The van der Waals surface area contributed by atoms with E-state index in [-0.39, 0.29) is 5.75 Å². The van der Waals surface area contributed by atoms with E-state index in [1.807, 2.05) is 0 Å². The van der Waals surface area contributed by atoms with Crippen LogP contribution in [-0.4, -0.2) is 10.0 Å². The predicted octanol–water partition coefficient (Wildman–Crippen LogP) is 3.75. The van der Waals surface area contributed by atoms with Crippen LogP contribution in [0.25, 0.3) is 0 Å². The number of nitro benzene ring substituents is 1. The number of aromatic hydroxyl groups is 1. The number of halogens is 2. The Morgan fingerprint density at radius 3 is 2.57 bits per heavy atom. The maximum absolute atomic E-state index is 13.2. The lowest BCUT2D eigenvalue weighted by atomic mass is 10.1. The molecule has 1 unspecified atom stereocenters. The predicted molar refractivity (Wildman–Crippen MR) is 73.2 cm³/mol. The molecule has 2 rings (SSSR count). The lowest BCUT2D eigenvalue weighted by molar-refractivity contribution is -0.387. The average molecular weight is 294 g/mol. The molecule has 21 heavy (non-hydrogen) atoms. The molecule has 5 nitrogen and oxygen atoms in total. The summed E-state index contributed by atoms with van der Waals surface area (Å²) in [6, 6.07) is 6.51. The number of phenolic OH excluding ortho intramolecular Hbond substituents is 1. The Kier molecular flexibility index (Phi) is 4.02. The van der Waals surface area contributed by atoms with Crippen molar-refractivity contribution in [3.05, 3.63) is 63.7 Å². The second kappa shape index (κ2) is 5.74. The minimum absolute atomic E-state index is 0.230. The van der Waals surface area contributed by atoms with Gasteiger partial charge in [0.2, 0.25) is 5.82 Å². The van der Waals surface area contributed by atoms with Gasteiger partial charge in [0.1, 0.15) is 11.6 Å². The van der Waals surface area contributed by atoms with Crippen molar-refractivity contribution in [1.82, 2.24) is 0 Å². The Labute approximate surface area is 119 Å². The van der Waals surface area contributed by atoms with Gasteiger partial charge in [0.15, 0.2) is 0 Å². The second-order valence-corrected chi connectivity index (χ2v) is 4.49. The first kappa shape index (κ1) is 14.7. The van der Waals surface area contributed by atoms with Gasteiger partial charge >= 0.3 is 5.69 Å². The Morgan fingerprint density at radius 1 is 1.24 bits per heavy atom. The molecule has 7 heteroatoms. The summed E-state index contributed by atoms with van der Waals surface area (Å²) in [4.78, 5) is 9.86. The zero-order valence-electron chi connectivity index (χ0n) is 11.0. The van der Waals surface area contributed by atoms with Crippen LogP contribution in [0.1, 0.15) is 18.5 Å². The maximum atomic E-state index is 13.2. The lowest BCUT2D eigenvalue weighted by Gasteiger charge is -2.17. The number of anilines is 1. The van der Waals surface area contributed by atoms with Gasteiger partial charge in [0, 0.05) is 23.4 Å². The standard InChI is InChI=1S/C14H12F2N2O3/c1-8(11-4-2-9(15)6-14(11)19)17-10-3-5-12(16)13(7-10)18(20)21/h2-8,17,19H,1H3. The Morgan fingerprint density at radius 2 is 1.95 bits per heavy atom. The zero-order valence-corrected chi connectivity index (χ0v) is 11.0. The first-order valence-corrected chi connectivity index (χ1v) is 6.07. The molecule has 1 atom stereocenters. The molecule has 0 heterocycles. The van der Waals surface area contributed by atoms with E-state index in [1.165, 1.54) is 18.2 Å². The molecule has 0 aliphatic heterocycles. The van der Waals surface area contributed by atoms with E-state index in [4.69, 9.17) is 0 Å². The number of nitro groups is 1. The fraction of sp³-hybridized carbons (Fsp3) is 0.143. The van der Waals surface area contributed by atoms with Gasteiger partial charge in [-0.1, -0.05) is 6.07 Å². The molecule has 0 saturated heterocycles. The smallest absolute Gasteiger partial charge is 0.306 e. The van der Waals surface area contributed by atoms with Crippen molar-refractivity contribution in [1.29, 1.82) is 0 Å². The van der Waals surface area contributed by atoms with Crippen LogP contribution < -0.4 is 5.32 Å². The van der Waals surface area contributed by atoms with E-state index in [2.05, 4.69) is 5.32 Å². The molecule has 0 aromatic heterocycles. The van der Waals surface area contributed by atoms with Gasteiger partial charge in [-0.25, -0.2) is 4.39 Å². The summed E-state index contributed by atoms with van der Waals surface area (Å²) in [5, 5.41) is 23.2. The van der Waals surface area contributed by atoms with Crippen molar-refractivity contribution < 1.29 is 18.8 Å². The van der Waals surface area contributed by atoms with Gasteiger partial charge in [0.25, 0.3) is 0 Å². The number of hydrogen-bond acceptors (Lipinski definition) is 4. The Hall–Kier alpha value is -2.70. The summed E-state index contributed by atoms with van der Waals surface area (Å²) in [5.41, 5.74) is 0.0956. The Balaban J connectivity index is 2.25. The van der Waals surface area contributed by atoms with Crippen LogP contribution in [0.4, 0.5) is 20.2 Å². The first-order valence-electron chi connectivity index (χ1n) is 6.07. The highest BCUT2D eigenvalue weighted by Gasteiger charge is 2.16. The zero-order chi connectivity index (χ0) is 15.6. The fourth-order valence-corrected chi connectivity index (χ4v) is 1.95. The molecule has 0 amide bonds. The second-order valence-electron chi connectivity index (χ2n) is 4.49. The molecule has 0 aliphatic rings. The molecule has 0 radical (unpaired) electrons. The third-order valence-corrected chi connectivity index (χ3v) is 2.98. The van der Waals surface area contributed by atoms with Crippen molar-refractivity contribution in [2.45, 2.75) is 13.0 Å². The minimum Gasteiger partial charge on any atom is -0.507 e. The van der Waals surface area contributed by atoms with E-state index < -0.39 is 28.3 Å². The van der Waals surface area contributed by atoms with Crippen molar-refractivity contribution in [3.63, 3.8) is 0 Å².